The molecule has 0 amide bonds. The van der Waals surface area contributed by atoms with Crippen molar-refractivity contribution >= 4 is 17.4 Å². The van der Waals surface area contributed by atoms with Gasteiger partial charge in [-0.05, 0) is 36.8 Å². The molecule has 0 aromatic heterocycles. The lowest BCUT2D eigenvalue weighted by molar-refractivity contribution is 0.354. The molecule has 0 saturated carbocycles. The number of methoxy groups -OCH3 is 2. The molecule has 0 saturated heterocycles. The summed E-state index contributed by atoms with van der Waals surface area (Å²) in [5, 5.41) is 2.37. The highest BCUT2D eigenvalue weighted by molar-refractivity contribution is 7.78. The second kappa shape index (κ2) is 5.49. The Labute approximate surface area is 94.7 Å². The molecule has 0 spiro atoms. The van der Waals surface area contributed by atoms with Gasteiger partial charge in [0.2, 0.25) is 0 Å². The lowest BCUT2D eigenvalue weighted by atomic mass is 10.1. The third-order valence-corrected chi connectivity index (χ3v) is 2.24. The van der Waals surface area contributed by atoms with Crippen LogP contribution < -0.4 is 9.47 Å². The Bertz CT molecular complexity index is 386. The van der Waals surface area contributed by atoms with Crippen LogP contribution in [0.3, 0.4) is 0 Å². The first-order valence-corrected chi connectivity index (χ1v) is 4.92. The number of isothiocyanates is 1. The van der Waals surface area contributed by atoms with Crippen LogP contribution in [0, 0.1) is 0 Å². The van der Waals surface area contributed by atoms with E-state index in [0.717, 1.165) is 5.56 Å². The molecule has 0 aliphatic heterocycles. The summed E-state index contributed by atoms with van der Waals surface area (Å²) in [5.74, 6) is 1.40. The minimum atomic E-state index is -0.0118. The molecule has 1 aromatic carbocycles. The zero-order valence-corrected chi connectivity index (χ0v) is 9.80. The van der Waals surface area contributed by atoms with Gasteiger partial charge in [-0.1, -0.05) is 6.07 Å². The highest BCUT2D eigenvalue weighted by Crippen LogP contribution is 2.30. The van der Waals surface area contributed by atoms with E-state index in [9.17, 15) is 0 Å². The summed E-state index contributed by atoms with van der Waals surface area (Å²) >= 11 is 4.57. The number of nitrogens with zero attached hydrogens (tertiary/aromatic N) is 1. The number of hydrogen-bond acceptors (Lipinski definition) is 4. The number of ether oxygens (including phenoxy) is 2. The maximum atomic E-state index is 5.19. The van der Waals surface area contributed by atoms with Crippen molar-refractivity contribution in [2.75, 3.05) is 14.2 Å². The first-order chi connectivity index (χ1) is 7.22. The maximum absolute atomic E-state index is 5.19. The summed E-state index contributed by atoms with van der Waals surface area (Å²) in [4.78, 5) is 3.99. The topological polar surface area (TPSA) is 30.8 Å². The first-order valence-electron chi connectivity index (χ1n) is 4.51. The van der Waals surface area contributed by atoms with E-state index in [1.807, 2.05) is 25.1 Å². The second-order valence-corrected chi connectivity index (χ2v) is 3.19. The van der Waals surface area contributed by atoms with Crippen molar-refractivity contribution in [3.63, 3.8) is 0 Å². The van der Waals surface area contributed by atoms with E-state index < -0.39 is 0 Å². The van der Waals surface area contributed by atoms with Gasteiger partial charge in [-0.3, -0.25) is 0 Å². The van der Waals surface area contributed by atoms with Crippen LogP contribution in [0.1, 0.15) is 18.5 Å². The summed E-state index contributed by atoms with van der Waals surface area (Å²) in [6, 6.07) is 5.66. The van der Waals surface area contributed by atoms with Crippen molar-refractivity contribution in [2.45, 2.75) is 13.0 Å². The minimum Gasteiger partial charge on any atom is -0.493 e. The quantitative estimate of drug-likeness (QED) is 0.581. The smallest absolute Gasteiger partial charge is 0.161 e. The molecule has 4 heteroatoms. The molecule has 1 aromatic rings. The van der Waals surface area contributed by atoms with Crippen molar-refractivity contribution < 1.29 is 9.47 Å². The fourth-order valence-electron chi connectivity index (χ4n) is 1.27. The number of aliphatic imine (C=N–C) groups is 1. The molecule has 0 unspecified atom stereocenters. The van der Waals surface area contributed by atoms with Crippen LogP contribution in [0.5, 0.6) is 11.5 Å². The molecule has 0 heterocycles. The van der Waals surface area contributed by atoms with Gasteiger partial charge >= 0.3 is 0 Å². The monoisotopic (exact) mass is 223 g/mol. The van der Waals surface area contributed by atoms with Crippen molar-refractivity contribution in [2.24, 2.45) is 4.99 Å². The lowest BCUT2D eigenvalue weighted by Gasteiger charge is -2.10. The van der Waals surface area contributed by atoms with Gasteiger partial charge in [-0.15, -0.1) is 0 Å². The van der Waals surface area contributed by atoms with Crippen LogP contribution in [0.2, 0.25) is 0 Å². The largest absolute Gasteiger partial charge is 0.493 e. The van der Waals surface area contributed by atoms with Crippen LogP contribution in [0.4, 0.5) is 0 Å². The zero-order chi connectivity index (χ0) is 11.3. The normalized spacial score (nSPS) is 11.4. The molecule has 0 bridgehead atoms. The second-order valence-electron chi connectivity index (χ2n) is 3.01. The number of thiocarbonyl (C=S) groups is 1. The summed E-state index contributed by atoms with van der Waals surface area (Å²) in [6.45, 7) is 1.94. The van der Waals surface area contributed by atoms with E-state index >= 15 is 0 Å². The molecule has 0 radical (unpaired) electrons. The highest BCUT2D eigenvalue weighted by Gasteiger charge is 2.08. The molecule has 1 rings (SSSR count). The number of benzene rings is 1. The summed E-state index contributed by atoms with van der Waals surface area (Å²) < 4.78 is 10.3. The standard InChI is InChI=1S/C11H13NO2S/c1-8(12-7-15)9-4-5-10(13-2)11(6-9)14-3/h4-6,8H,1-3H3/t8-/m0/s1. The van der Waals surface area contributed by atoms with Gasteiger partial charge in [0.05, 0.1) is 25.4 Å². The molecule has 3 nitrogen and oxygen atoms in total. The maximum Gasteiger partial charge on any atom is 0.161 e. The molecule has 80 valence electrons. The number of rotatable bonds is 4. The lowest BCUT2D eigenvalue weighted by Crippen LogP contribution is -1.94. The predicted molar refractivity (Wildman–Crippen MR) is 63.0 cm³/mol. The van der Waals surface area contributed by atoms with Crippen molar-refractivity contribution in [1.82, 2.24) is 0 Å². The minimum absolute atomic E-state index is 0.0118. The van der Waals surface area contributed by atoms with Crippen LogP contribution in [0.25, 0.3) is 0 Å². The molecule has 1 atom stereocenters. The first kappa shape index (κ1) is 11.7. The highest BCUT2D eigenvalue weighted by atomic mass is 32.1. The zero-order valence-electron chi connectivity index (χ0n) is 8.98. The molecule has 0 fully saturated rings. The Balaban J connectivity index is 3.07. The molecular formula is C11H13NO2S. The average Bonchev–Trinajstić information content (AvgIpc) is 2.28. The van der Waals surface area contributed by atoms with E-state index in [2.05, 4.69) is 22.4 Å². The van der Waals surface area contributed by atoms with Gasteiger partial charge in [-0.2, -0.15) is 0 Å². The SMILES string of the molecule is COc1ccc([C@H](C)N=C=S)cc1OC. The van der Waals surface area contributed by atoms with Gasteiger partial charge in [-0.25, -0.2) is 4.99 Å². The Morgan fingerprint density at radius 3 is 2.47 bits per heavy atom. The van der Waals surface area contributed by atoms with Gasteiger partial charge in [0.25, 0.3) is 0 Å². The van der Waals surface area contributed by atoms with Crippen molar-refractivity contribution in [3.8, 4) is 11.5 Å². The Kier molecular flexibility index (Phi) is 4.28. The summed E-state index contributed by atoms with van der Waals surface area (Å²) in [5.41, 5.74) is 1.02. The van der Waals surface area contributed by atoms with Crippen LogP contribution in [0.15, 0.2) is 23.2 Å². The molecule has 15 heavy (non-hydrogen) atoms. The molecule has 0 aliphatic rings. The molecule has 0 aliphatic carbocycles. The number of hydrogen-bond donors (Lipinski definition) is 0. The van der Waals surface area contributed by atoms with Crippen LogP contribution in [-0.4, -0.2) is 19.4 Å². The summed E-state index contributed by atoms with van der Waals surface area (Å²) in [7, 11) is 3.21. The Morgan fingerprint density at radius 2 is 1.93 bits per heavy atom. The van der Waals surface area contributed by atoms with Gasteiger partial charge in [0.1, 0.15) is 0 Å². The fraction of sp³-hybridized carbons (Fsp3) is 0.364. The third kappa shape index (κ3) is 2.78. The predicted octanol–water partition coefficient (Wildman–Crippen LogP) is 2.87. The Morgan fingerprint density at radius 1 is 1.27 bits per heavy atom. The van der Waals surface area contributed by atoms with Gasteiger partial charge in [0, 0.05) is 0 Å². The van der Waals surface area contributed by atoms with E-state index in [1.165, 1.54) is 0 Å². The van der Waals surface area contributed by atoms with E-state index in [0.29, 0.717) is 11.5 Å². The molecule has 0 N–H and O–H groups in total. The van der Waals surface area contributed by atoms with E-state index in [-0.39, 0.29) is 6.04 Å². The van der Waals surface area contributed by atoms with Gasteiger partial charge < -0.3 is 9.47 Å². The average molecular weight is 223 g/mol. The van der Waals surface area contributed by atoms with Crippen LogP contribution >= 0.6 is 12.2 Å². The van der Waals surface area contributed by atoms with E-state index in [1.54, 1.807) is 14.2 Å². The third-order valence-electron chi connectivity index (χ3n) is 2.14. The van der Waals surface area contributed by atoms with Crippen molar-refractivity contribution in [3.05, 3.63) is 23.8 Å². The molecular weight excluding hydrogens is 210 g/mol. The Hall–Kier alpha value is -1.38. The fourth-order valence-corrected chi connectivity index (χ4v) is 1.42. The van der Waals surface area contributed by atoms with Gasteiger partial charge in [0.15, 0.2) is 11.5 Å². The van der Waals surface area contributed by atoms with Crippen molar-refractivity contribution in [1.29, 1.82) is 0 Å². The summed E-state index contributed by atoms with van der Waals surface area (Å²) in [6.07, 6.45) is 0. The van der Waals surface area contributed by atoms with E-state index in [4.69, 9.17) is 9.47 Å². The van der Waals surface area contributed by atoms with Crippen LogP contribution in [-0.2, 0) is 0 Å².